The molecule has 2 atom stereocenters. The van der Waals surface area contributed by atoms with Gasteiger partial charge in [-0.1, -0.05) is 30.3 Å². The molecule has 0 radical (unpaired) electrons. The summed E-state index contributed by atoms with van der Waals surface area (Å²) in [6.45, 7) is 2.94. The van der Waals surface area contributed by atoms with Crippen molar-refractivity contribution in [3.63, 3.8) is 0 Å². The fraction of sp³-hybridized carbons (Fsp3) is 0.500. The van der Waals surface area contributed by atoms with E-state index in [4.69, 9.17) is 0 Å². The monoisotopic (exact) mass is 339 g/mol. The standard InChI is InChI=1S/C16H21NO5S/c1-16(2,23(3,21)22)15(20)17-9-12(13(10-17)14(18)19)11-7-5-4-6-8-11/h4-8,12-13H,9-10H2,1-3H3,(H,18,19). The maximum absolute atomic E-state index is 12.6. The Kier molecular flexibility index (Phi) is 4.52. The van der Waals surface area contributed by atoms with Crippen LogP contribution in [0.4, 0.5) is 0 Å². The Labute approximate surface area is 136 Å². The Hall–Kier alpha value is -1.89. The number of aliphatic carboxylic acids is 1. The molecule has 1 saturated heterocycles. The first kappa shape index (κ1) is 17.5. The van der Waals surface area contributed by atoms with Crippen LogP contribution in [0.2, 0.25) is 0 Å². The van der Waals surface area contributed by atoms with E-state index < -0.39 is 32.4 Å². The second kappa shape index (κ2) is 5.96. The average molecular weight is 339 g/mol. The molecule has 0 spiro atoms. The number of nitrogens with zero attached hydrogens (tertiary/aromatic N) is 1. The molecule has 1 fully saturated rings. The minimum atomic E-state index is -3.60. The highest BCUT2D eigenvalue weighted by molar-refractivity contribution is 7.92. The van der Waals surface area contributed by atoms with E-state index in [1.807, 2.05) is 30.3 Å². The van der Waals surface area contributed by atoms with Crippen LogP contribution in [0.1, 0.15) is 25.3 Å². The average Bonchev–Trinajstić information content (AvgIpc) is 2.91. The summed E-state index contributed by atoms with van der Waals surface area (Å²) in [7, 11) is -3.60. The van der Waals surface area contributed by atoms with Crippen molar-refractivity contribution in [2.45, 2.75) is 24.5 Å². The van der Waals surface area contributed by atoms with Gasteiger partial charge < -0.3 is 10.0 Å². The normalized spacial score (nSPS) is 22.1. The minimum absolute atomic E-state index is 0.0205. The second-order valence-corrected chi connectivity index (χ2v) is 9.02. The molecule has 0 saturated carbocycles. The van der Waals surface area contributed by atoms with Crippen LogP contribution in [0.3, 0.4) is 0 Å². The molecular weight excluding hydrogens is 318 g/mol. The van der Waals surface area contributed by atoms with Crippen molar-refractivity contribution in [2.75, 3.05) is 19.3 Å². The molecule has 1 N–H and O–H groups in total. The van der Waals surface area contributed by atoms with Crippen LogP contribution >= 0.6 is 0 Å². The number of likely N-dealkylation sites (tertiary alicyclic amines) is 1. The third-order valence-electron chi connectivity index (χ3n) is 4.59. The van der Waals surface area contributed by atoms with Crippen molar-refractivity contribution in [1.29, 1.82) is 0 Å². The third kappa shape index (κ3) is 3.24. The van der Waals surface area contributed by atoms with Gasteiger partial charge in [-0.25, -0.2) is 8.42 Å². The van der Waals surface area contributed by atoms with Gasteiger partial charge in [0.05, 0.1) is 5.92 Å². The number of carboxylic acids is 1. The smallest absolute Gasteiger partial charge is 0.308 e. The number of hydrogen-bond acceptors (Lipinski definition) is 4. The summed E-state index contributed by atoms with van der Waals surface area (Å²) in [5.74, 6) is -2.61. The van der Waals surface area contributed by atoms with Gasteiger partial charge in [-0.05, 0) is 19.4 Å². The molecule has 1 aromatic carbocycles. The van der Waals surface area contributed by atoms with Gasteiger partial charge in [0.25, 0.3) is 0 Å². The van der Waals surface area contributed by atoms with Crippen LogP contribution in [0, 0.1) is 5.92 Å². The molecule has 0 bridgehead atoms. The Morgan fingerprint density at radius 1 is 1.17 bits per heavy atom. The van der Waals surface area contributed by atoms with E-state index in [1.54, 1.807) is 0 Å². The van der Waals surface area contributed by atoms with Crippen LogP contribution in [0.5, 0.6) is 0 Å². The first-order valence-electron chi connectivity index (χ1n) is 7.32. The number of amides is 1. The van der Waals surface area contributed by atoms with Gasteiger partial charge in [-0.2, -0.15) is 0 Å². The first-order chi connectivity index (χ1) is 10.6. The summed E-state index contributed by atoms with van der Waals surface area (Å²) in [5.41, 5.74) is 0.840. The molecule has 2 rings (SSSR count). The van der Waals surface area contributed by atoms with E-state index >= 15 is 0 Å². The van der Waals surface area contributed by atoms with Crippen molar-refractivity contribution < 1.29 is 23.1 Å². The Morgan fingerprint density at radius 3 is 2.22 bits per heavy atom. The van der Waals surface area contributed by atoms with Crippen LogP contribution in [0.15, 0.2) is 30.3 Å². The van der Waals surface area contributed by atoms with Crippen LogP contribution in [0.25, 0.3) is 0 Å². The predicted octanol–water partition coefficient (Wildman–Crippen LogP) is 1.14. The number of benzene rings is 1. The molecule has 1 amide bonds. The van der Waals surface area contributed by atoms with E-state index in [9.17, 15) is 23.1 Å². The van der Waals surface area contributed by atoms with Gasteiger partial charge >= 0.3 is 5.97 Å². The van der Waals surface area contributed by atoms with E-state index in [0.717, 1.165) is 11.8 Å². The molecule has 1 aliphatic heterocycles. The molecule has 1 heterocycles. The molecule has 0 aliphatic carbocycles. The van der Waals surface area contributed by atoms with Gasteiger partial charge in [0.1, 0.15) is 4.75 Å². The molecule has 1 aromatic rings. The van der Waals surface area contributed by atoms with E-state index in [0.29, 0.717) is 0 Å². The molecule has 2 unspecified atom stereocenters. The van der Waals surface area contributed by atoms with Gasteiger partial charge in [0.15, 0.2) is 9.84 Å². The lowest BCUT2D eigenvalue weighted by Crippen LogP contribution is -2.49. The minimum Gasteiger partial charge on any atom is -0.481 e. The van der Waals surface area contributed by atoms with Crippen molar-refractivity contribution in [3.05, 3.63) is 35.9 Å². The highest BCUT2D eigenvalue weighted by atomic mass is 32.2. The number of carbonyl (C=O) groups is 2. The van der Waals surface area contributed by atoms with E-state index in [2.05, 4.69) is 0 Å². The highest BCUT2D eigenvalue weighted by Gasteiger charge is 2.47. The Bertz CT molecular complexity index is 711. The molecule has 7 heteroatoms. The SMILES string of the molecule is CC(C)(C(=O)N1CC(C(=O)O)C(c2ccccc2)C1)S(C)(=O)=O. The largest absolute Gasteiger partial charge is 0.481 e. The van der Waals surface area contributed by atoms with Crippen molar-refractivity contribution in [3.8, 4) is 0 Å². The van der Waals surface area contributed by atoms with E-state index in [-0.39, 0.29) is 19.0 Å². The second-order valence-electron chi connectivity index (χ2n) is 6.45. The molecule has 1 aliphatic rings. The van der Waals surface area contributed by atoms with Crippen LogP contribution in [-0.4, -0.2) is 54.4 Å². The zero-order valence-electron chi connectivity index (χ0n) is 13.4. The van der Waals surface area contributed by atoms with Crippen molar-refractivity contribution in [2.24, 2.45) is 5.92 Å². The fourth-order valence-electron chi connectivity index (χ4n) is 2.80. The maximum Gasteiger partial charge on any atom is 0.308 e. The Morgan fingerprint density at radius 2 is 1.74 bits per heavy atom. The topological polar surface area (TPSA) is 91.8 Å². The van der Waals surface area contributed by atoms with Gasteiger partial charge in [-0.3, -0.25) is 9.59 Å². The summed E-state index contributed by atoms with van der Waals surface area (Å²) < 4.78 is 22.1. The van der Waals surface area contributed by atoms with E-state index in [1.165, 1.54) is 18.7 Å². The molecular formula is C16H21NO5S. The number of rotatable bonds is 4. The van der Waals surface area contributed by atoms with Gasteiger partial charge in [0.2, 0.25) is 5.91 Å². The number of carboxylic acid groups (broad SMARTS) is 1. The van der Waals surface area contributed by atoms with Gasteiger partial charge in [0, 0.05) is 25.3 Å². The lowest BCUT2D eigenvalue weighted by atomic mass is 9.89. The maximum atomic E-state index is 12.6. The van der Waals surface area contributed by atoms with Gasteiger partial charge in [-0.15, -0.1) is 0 Å². The molecule has 126 valence electrons. The summed E-state index contributed by atoms with van der Waals surface area (Å²) in [4.78, 5) is 25.5. The summed E-state index contributed by atoms with van der Waals surface area (Å²) in [5, 5.41) is 9.45. The van der Waals surface area contributed by atoms with Crippen molar-refractivity contribution in [1.82, 2.24) is 4.90 Å². The summed E-state index contributed by atoms with van der Waals surface area (Å²) >= 11 is 0. The lowest BCUT2D eigenvalue weighted by molar-refractivity contribution is -0.142. The number of sulfone groups is 1. The zero-order valence-corrected chi connectivity index (χ0v) is 14.2. The zero-order chi connectivity index (χ0) is 17.4. The quantitative estimate of drug-likeness (QED) is 0.888. The highest BCUT2D eigenvalue weighted by Crippen LogP contribution is 2.34. The summed E-state index contributed by atoms with van der Waals surface area (Å²) in [6, 6.07) is 9.13. The van der Waals surface area contributed by atoms with Crippen LogP contribution in [-0.2, 0) is 19.4 Å². The van der Waals surface area contributed by atoms with Crippen molar-refractivity contribution >= 4 is 21.7 Å². The molecule has 6 nitrogen and oxygen atoms in total. The third-order valence-corrected chi connectivity index (χ3v) is 6.62. The molecule has 0 aromatic heterocycles. The van der Waals surface area contributed by atoms with Crippen LogP contribution < -0.4 is 0 Å². The fourth-order valence-corrected chi connectivity index (χ4v) is 3.24. The molecule has 23 heavy (non-hydrogen) atoms. The lowest BCUT2D eigenvalue weighted by Gasteiger charge is -2.27. The predicted molar refractivity (Wildman–Crippen MR) is 85.8 cm³/mol. The summed E-state index contributed by atoms with van der Waals surface area (Å²) in [6.07, 6.45) is 1.02. The Balaban J connectivity index is 2.31. The number of carbonyl (C=O) groups excluding carboxylic acids is 1. The number of hydrogen-bond donors (Lipinski definition) is 1. The first-order valence-corrected chi connectivity index (χ1v) is 9.21.